The predicted octanol–water partition coefficient (Wildman–Crippen LogP) is -0.105. The van der Waals surface area contributed by atoms with Crippen molar-refractivity contribution in [1.82, 2.24) is 9.13 Å². The second-order valence-corrected chi connectivity index (χ2v) is 3.99. The van der Waals surface area contributed by atoms with Crippen molar-refractivity contribution in [3.05, 3.63) is 26.9 Å². The third-order valence-corrected chi connectivity index (χ3v) is 2.68. The Morgan fingerprint density at radius 3 is 2.26 bits per heavy atom. The molecule has 0 aliphatic rings. The topological polar surface area (TPSA) is 74.5 Å². The van der Waals surface area contributed by atoms with Gasteiger partial charge in [-0.2, -0.15) is 0 Å². The molecular weight excluding hydrogens is 250 g/mol. The first-order valence-electron chi connectivity index (χ1n) is 6.25. The molecule has 7 heteroatoms. The smallest absolute Gasteiger partial charge is 0.332 e. The first-order valence-corrected chi connectivity index (χ1v) is 6.25. The van der Waals surface area contributed by atoms with Crippen molar-refractivity contribution >= 4 is 5.82 Å². The van der Waals surface area contributed by atoms with Gasteiger partial charge in [0, 0.05) is 33.4 Å². The average Bonchev–Trinajstić information content (AvgIpc) is 2.39. The highest BCUT2D eigenvalue weighted by Crippen LogP contribution is 2.01. The van der Waals surface area contributed by atoms with E-state index in [4.69, 9.17) is 9.47 Å². The van der Waals surface area contributed by atoms with Crippen molar-refractivity contribution < 1.29 is 9.47 Å². The summed E-state index contributed by atoms with van der Waals surface area (Å²) in [5.41, 5.74) is -0.727. The van der Waals surface area contributed by atoms with Crippen LogP contribution in [0.25, 0.3) is 0 Å². The number of nitrogens with one attached hydrogen (secondary N) is 1. The monoisotopic (exact) mass is 271 g/mol. The quantitative estimate of drug-likeness (QED) is 0.701. The van der Waals surface area contributed by atoms with Crippen molar-refractivity contribution in [2.24, 2.45) is 14.1 Å². The van der Waals surface area contributed by atoms with E-state index in [1.165, 1.54) is 17.7 Å². The molecule has 0 saturated heterocycles. The van der Waals surface area contributed by atoms with Gasteiger partial charge in [-0.05, 0) is 13.8 Å². The number of hydrogen-bond donors (Lipinski definition) is 1. The molecule has 19 heavy (non-hydrogen) atoms. The van der Waals surface area contributed by atoms with Gasteiger partial charge in [0.1, 0.15) is 5.82 Å². The van der Waals surface area contributed by atoms with Gasteiger partial charge in [-0.1, -0.05) is 0 Å². The molecule has 108 valence electrons. The summed E-state index contributed by atoms with van der Waals surface area (Å²) < 4.78 is 13.2. The highest BCUT2D eigenvalue weighted by Gasteiger charge is 2.10. The highest BCUT2D eigenvalue weighted by atomic mass is 16.7. The summed E-state index contributed by atoms with van der Waals surface area (Å²) in [6.07, 6.45) is -0.408. The maximum Gasteiger partial charge on any atom is 0.332 e. The minimum Gasteiger partial charge on any atom is -0.366 e. The van der Waals surface area contributed by atoms with Crippen LogP contribution in [0.5, 0.6) is 0 Å². The van der Waals surface area contributed by atoms with E-state index >= 15 is 0 Å². The number of aromatic nitrogens is 2. The summed E-state index contributed by atoms with van der Waals surface area (Å²) in [5.74, 6) is 0.442. The van der Waals surface area contributed by atoms with Crippen LogP contribution < -0.4 is 16.6 Å². The van der Waals surface area contributed by atoms with Crippen molar-refractivity contribution in [3.63, 3.8) is 0 Å². The molecule has 0 radical (unpaired) electrons. The Morgan fingerprint density at radius 1 is 1.16 bits per heavy atom. The molecule has 1 aromatic rings. The second-order valence-electron chi connectivity index (χ2n) is 3.99. The van der Waals surface area contributed by atoms with Crippen LogP contribution in [0, 0.1) is 0 Å². The van der Waals surface area contributed by atoms with Crippen LogP contribution in [0.3, 0.4) is 0 Å². The molecule has 7 nitrogen and oxygen atoms in total. The molecule has 0 unspecified atom stereocenters. The fraction of sp³-hybridized carbons (Fsp3) is 0.667. The lowest BCUT2D eigenvalue weighted by molar-refractivity contribution is -0.126. The Hall–Kier alpha value is -1.60. The van der Waals surface area contributed by atoms with Crippen molar-refractivity contribution in [2.75, 3.05) is 25.1 Å². The molecular formula is C12H21N3O4. The van der Waals surface area contributed by atoms with Crippen LogP contribution in [0.1, 0.15) is 13.8 Å². The van der Waals surface area contributed by atoms with Gasteiger partial charge >= 0.3 is 5.69 Å². The first-order chi connectivity index (χ1) is 9.01. The molecule has 0 aromatic carbocycles. The fourth-order valence-corrected chi connectivity index (χ4v) is 1.63. The summed E-state index contributed by atoms with van der Waals surface area (Å²) in [6, 6.07) is 1.37. The Morgan fingerprint density at radius 2 is 1.74 bits per heavy atom. The highest BCUT2D eigenvalue weighted by molar-refractivity contribution is 5.33. The van der Waals surface area contributed by atoms with Crippen molar-refractivity contribution in [2.45, 2.75) is 20.1 Å². The van der Waals surface area contributed by atoms with Crippen molar-refractivity contribution in [1.29, 1.82) is 0 Å². The van der Waals surface area contributed by atoms with Crippen molar-refractivity contribution in [3.8, 4) is 0 Å². The third-order valence-electron chi connectivity index (χ3n) is 2.68. The number of anilines is 1. The largest absolute Gasteiger partial charge is 0.366 e. The van der Waals surface area contributed by atoms with Crippen LogP contribution in [-0.4, -0.2) is 35.2 Å². The van der Waals surface area contributed by atoms with E-state index in [0.29, 0.717) is 25.6 Å². The van der Waals surface area contributed by atoms with Gasteiger partial charge < -0.3 is 14.8 Å². The number of ether oxygens (including phenoxy) is 2. The summed E-state index contributed by atoms with van der Waals surface area (Å²) in [7, 11) is 3.04. The minimum absolute atomic E-state index is 0.352. The van der Waals surface area contributed by atoms with Gasteiger partial charge in [0.2, 0.25) is 0 Å². The second kappa shape index (κ2) is 7.10. The van der Waals surface area contributed by atoms with Crippen LogP contribution in [0.2, 0.25) is 0 Å². The first kappa shape index (κ1) is 15.5. The van der Waals surface area contributed by atoms with Gasteiger partial charge in [0.15, 0.2) is 6.29 Å². The summed E-state index contributed by atoms with van der Waals surface area (Å²) in [4.78, 5) is 23.3. The molecule has 1 aromatic heterocycles. The standard InChI is InChI=1S/C12H21N3O4/c1-5-18-11(19-6-2)8-13-9-7-10(16)15(4)12(17)14(9)3/h7,11,13H,5-6,8H2,1-4H3. The lowest BCUT2D eigenvalue weighted by Crippen LogP contribution is -2.38. The van der Waals surface area contributed by atoms with Gasteiger partial charge in [0.25, 0.3) is 5.56 Å². The van der Waals surface area contributed by atoms with Crippen LogP contribution >= 0.6 is 0 Å². The predicted molar refractivity (Wildman–Crippen MR) is 72.5 cm³/mol. The Labute approximate surface area is 111 Å². The molecule has 0 atom stereocenters. The van der Waals surface area contributed by atoms with E-state index in [2.05, 4.69) is 5.32 Å². The van der Waals surface area contributed by atoms with Gasteiger partial charge in [-0.3, -0.25) is 13.9 Å². The lowest BCUT2D eigenvalue weighted by Gasteiger charge is -2.19. The number of nitrogens with zero attached hydrogens (tertiary/aromatic N) is 2. The maximum atomic E-state index is 11.7. The molecule has 0 amide bonds. The molecule has 0 saturated carbocycles. The summed E-state index contributed by atoms with van der Waals surface area (Å²) >= 11 is 0. The van der Waals surface area contributed by atoms with E-state index in [-0.39, 0.29) is 11.2 Å². The molecule has 0 aliphatic heterocycles. The molecule has 0 aliphatic carbocycles. The zero-order chi connectivity index (χ0) is 14.4. The molecule has 1 heterocycles. The molecule has 1 rings (SSSR count). The van der Waals surface area contributed by atoms with Crippen LogP contribution in [-0.2, 0) is 23.6 Å². The van der Waals surface area contributed by atoms with Crippen LogP contribution in [0.4, 0.5) is 5.82 Å². The Kier molecular flexibility index (Phi) is 5.78. The number of rotatable bonds is 7. The van der Waals surface area contributed by atoms with E-state index < -0.39 is 6.29 Å². The number of hydrogen-bond acceptors (Lipinski definition) is 5. The molecule has 0 spiro atoms. The van der Waals surface area contributed by atoms with E-state index in [1.807, 2.05) is 13.8 Å². The lowest BCUT2D eigenvalue weighted by atomic mass is 10.5. The normalized spacial score (nSPS) is 11.0. The average molecular weight is 271 g/mol. The zero-order valence-corrected chi connectivity index (χ0v) is 11.8. The SMILES string of the molecule is CCOC(CNc1cc(=O)n(C)c(=O)n1C)OCC. The maximum absolute atomic E-state index is 11.7. The zero-order valence-electron chi connectivity index (χ0n) is 11.8. The van der Waals surface area contributed by atoms with E-state index in [0.717, 1.165) is 4.57 Å². The Bertz CT molecular complexity index is 515. The Balaban J connectivity index is 2.83. The fourth-order valence-electron chi connectivity index (χ4n) is 1.63. The van der Waals surface area contributed by atoms with Gasteiger partial charge in [-0.15, -0.1) is 0 Å². The summed E-state index contributed by atoms with van der Waals surface area (Å²) in [5, 5.41) is 2.99. The third kappa shape index (κ3) is 3.93. The minimum atomic E-state index is -0.408. The van der Waals surface area contributed by atoms with E-state index in [9.17, 15) is 9.59 Å². The molecule has 0 bridgehead atoms. The summed E-state index contributed by atoms with van der Waals surface area (Å²) in [6.45, 7) is 5.17. The molecule has 0 fully saturated rings. The van der Waals surface area contributed by atoms with Gasteiger partial charge in [-0.25, -0.2) is 4.79 Å². The van der Waals surface area contributed by atoms with Gasteiger partial charge in [0.05, 0.1) is 6.54 Å². The van der Waals surface area contributed by atoms with E-state index in [1.54, 1.807) is 7.05 Å². The van der Waals surface area contributed by atoms with Crippen LogP contribution in [0.15, 0.2) is 15.7 Å². The molecule has 1 N–H and O–H groups in total.